The number of carbonyl (C=O) groups is 3. The quantitative estimate of drug-likeness (QED) is 0.422. The fourth-order valence-electron chi connectivity index (χ4n) is 4.40. The molecule has 0 aromatic heterocycles. The number of carboxylic acid groups (broad SMARTS) is 1. The Balaban J connectivity index is 1.39. The molecule has 1 fully saturated rings. The molecule has 8 heteroatoms. The Morgan fingerprint density at radius 2 is 1.74 bits per heavy atom. The number of carbonyl (C=O) groups excluding carboxylic acids is 2. The summed E-state index contributed by atoms with van der Waals surface area (Å²) in [5, 5.41) is 10.4. The summed E-state index contributed by atoms with van der Waals surface area (Å²) in [6.45, 7) is 0.349. The van der Waals surface area contributed by atoms with Crippen LogP contribution in [0.25, 0.3) is 6.08 Å². The molecule has 6 rings (SSSR count). The maximum Gasteiger partial charge on any atom is 0.353 e. The number of rotatable bonds is 4. The Morgan fingerprint density at radius 3 is 2.54 bits per heavy atom. The van der Waals surface area contributed by atoms with Crippen LogP contribution in [-0.2, 0) is 16.1 Å². The molecule has 3 aromatic rings. The van der Waals surface area contributed by atoms with Gasteiger partial charge in [0.05, 0.1) is 23.4 Å². The number of nitrogens with zero attached hydrogens (tertiary/aromatic N) is 2. The Hall–Kier alpha value is -4.30. The van der Waals surface area contributed by atoms with Gasteiger partial charge in [-0.25, -0.2) is 4.79 Å². The van der Waals surface area contributed by atoms with Crippen molar-refractivity contribution in [3.8, 4) is 11.5 Å². The van der Waals surface area contributed by atoms with Gasteiger partial charge in [-0.2, -0.15) is 0 Å². The Kier molecular flexibility index (Phi) is 4.96. The summed E-state index contributed by atoms with van der Waals surface area (Å²) in [6, 6.07) is 22.3. The van der Waals surface area contributed by atoms with Gasteiger partial charge in [-0.05, 0) is 41.5 Å². The average Bonchev–Trinajstić information content (AvgIpc) is 3.23. The van der Waals surface area contributed by atoms with Crippen molar-refractivity contribution in [1.82, 2.24) is 4.90 Å². The maximum atomic E-state index is 13.6. The van der Waals surface area contributed by atoms with E-state index in [-0.39, 0.29) is 22.9 Å². The number of hydrogen-bond donors (Lipinski definition) is 1. The maximum absolute atomic E-state index is 13.6. The molecule has 3 heterocycles. The number of para-hydroxylation sites is 1. The van der Waals surface area contributed by atoms with Crippen molar-refractivity contribution in [2.75, 3.05) is 4.90 Å². The number of ether oxygens (including phenoxy) is 1. The molecule has 0 saturated carbocycles. The van der Waals surface area contributed by atoms with Crippen molar-refractivity contribution < 1.29 is 24.2 Å². The zero-order valence-electron chi connectivity index (χ0n) is 18.3. The van der Waals surface area contributed by atoms with Crippen molar-refractivity contribution in [3.05, 3.63) is 106 Å². The van der Waals surface area contributed by atoms with Gasteiger partial charge in [-0.15, -0.1) is 11.8 Å². The highest BCUT2D eigenvalue weighted by Crippen LogP contribution is 2.46. The zero-order chi connectivity index (χ0) is 24.1. The minimum Gasteiger partial charge on any atom is -0.477 e. The molecular formula is C27H18N2O5S. The van der Waals surface area contributed by atoms with Gasteiger partial charge in [-0.1, -0.05) is 48.5 Å². The van der Waals surface area contributed by atoms with Crippen molar-refractivity contribution in [2.45, 2.75) is 11.9 Å². The number of hydrogen-bond acceptors (Lipinski definition) is 5. The molecule has 2 amide bonds. The number of carboxylic acids is 1. The number of β-lactam (4-membered cyclic amide) rings is 1. The second kappa shape index (κ2) is 8.18. The van der Waals surface area contributed by atoms with Crippen LogP contribution in [0.4, 0.5) is 5.69 Å². The summed E-state index contributed by atoms with van der Waals surface area (Å²) in [5.41, 5.74) is 3.26. The monoisotopic (exact) mass is 482 g/mol. The molecule has 1 N–H and O–H groups in total. The lowest BCUT2D eigenvalue weighted by molar-refractivity contribution is -0.141. The van der Waals surface area contributed by atoms with E-state index in [0.717, 1.165) is 11.1 Å². The van der Waals surface area contributed by atoms with E-state index in [1.807, 2.05) is 48.5 Å². The minimum atomic E-state index is -1.12. The highest BCUT2D eigenvalue weighted by molar-refractivity contribution is 8.03. The van der Waals surface area contributed by atoms with Crippen LogP contribution in [0.15, 0.2) is 89.5 Å². The van der Waals surface area contributed by atoms with Crippen molar-refractivity contribution in [3.63, 3.8) is 0 Å². The van der Waals surface area contributed by atoms with E-state index in [1.165, 1.54) is 22.1 Å². The number of amides is 2. The second-order valence-electron chi connectivity index (χ2n) is 8.27. The molecule has 3 aromatic carbocycles. The lowest BCUT2D eigenvalue weighted by Crippen LogP contribution is -2.51. The molecule has 3 aliphatic rings. The molecule has 1 atom stereocenters. The molecule has 0 radical (unpaired) electrons. The molecule has 0 spiro atoms. The minimum absolute atomic E-state index is 0.00474. The standard InChI is InChI=1S/C27H18N2O5S/c30-24-18-8-4-5-9-22(18)34-23-11-10-17(13-20(23)28(24)14-16-6-2-1-3-7-16)12-19-25(31)29-21(27(32)33)15-35-26(19)29/h1-13,15,26H,14H2,(H,32,33). The first-order valence-corrected chi connectivity index (χ1v) is 11.9. The van der Waals surface area contributed by atoms with E-state index in [0.29, 0.717) is 34.9 Å². The molecule has 3 aliphatic heterocycles. The number of fused-ring (bicyclic) bond motifs is 3. The first-order valence-electron chi connectivity index (χ1n) is 10.9. The van der Waals surface area contributed by atoms with E-state index in [1.54, 1.807) is 35.2 Å². The number of thioether (sulfide) groups is 1. The van der Waals surface area contributed by atoms with Crippen LogP contribution in [-0.4, -0.2) is 33.2 Å². The number of benzene rings is 3. The number of anilines is 1. The fraction of sp³-hybridized carbons (Fsp3) is 0.0741. The lowest BCUT2D eigenvalue weighted by Gasteiger charge is -2.37. The SMILES string of the molecule is O=C(O)C1=CSC2C(=Cc3ccc4c(c3)N(Cc3ccccc3)C(=O)c3ccccc3O4)C(=O)N12. The van der Waals surface area contributed by atoms with Crippen LogP contribution in [0.5, 0.6) is 11.5 Å². The third-order valence-corrected chi connectivity index (χ3v) is 7.20. The molecule has 0 aliphatic carbocycles. The lowest BCUT2D eigenvalue weighted by atomic mass is 10.0. The fourth-order valence-corrected chi connectivity index (χ4v) is 5.51. The van der Waals surface area contributed by atoms with E-state index >= 15 is 0 Å². The van der Waals surface area contributed by atoms with E-state index in [9.17, 15) is 19.5 Å². The Morgan fingerprint density at radius 1 is 0.971 bits per heavy atom. The molecule has 1 unspecified atom stereocenters. The summed E-state index contributed by atoms with van der Waals surface area (Å²) in [6.07, 6.45) is 1.75. The zero-order valence-corrected chi connectivity index (χ0v) is 19.1. The van der Waals surface area contributed by atoms with Crippen LogP contribution >= 0.6 is 11.8 Å². The van der Waals surface area contributed by atoms with Crippen LogP contribution in [0, 0.1) is 0 Å². The second-order valence-corrected chi connectivity index (χ2v) is 9.23. The summed E-state index contributed by atoms with van der Waals surface area (Å²) < 4.78 is 6.14. The highest BCUT2D eigenvalue weighted by Gasteiger charge is 2.49. The Bertz CT molecular complexity index is 1460. The van der Waals surface area contributed by atoms with Gasteiger partial charge < -0.3 is 14.7 Å². The van der Waals surface area contributed by atoms with Crippen molar-refractivity contribution in [1.29, 1.82) is 0 Å². The number of aliphatic carboxylic acids is 1. The summed E-state index contributed by atoms with van der Waals surface area (Å²) >= 11 is 1.29. The molecule has 35 heavy (non-hydrogen) atoms. The van der Waals surface area contributed by atoms with E-state index in [4.69, 9.17) is 4.74 Å². The van der Waals surface area contributed by atoms with Gasteiger partial charge in [0.2, 0.25) is 0 Å². The van der Waals surface area contributed by atoms with Crippen LogP contribution in [0.1, 0.15) is 21.5 Å². The van der Waals surface area contributed by atoms with Crippen molar-refractivity contribution >= 4 is 41.3 Å². The molecular weight excluding hydrogens is 464 g/mol. The molecule has 1 saturated heterocycles. The highest BCUT2D eigenvalue weighted by atomic mass is 32.2. The first kappa shape index (κ1) is 21.2. The van der Waals surface area contributed by atoms with Gasteiger partial charge in [0, 0.05) is 5.41 Å². The van der Waals surface area contributed by atoms with Crippen LogP contribution < -0.4 is 9.64 Å². The van der Waals surface area contributed by atoms with Gasteiger partial charge in [-0.3, -0.25) is 14.5 Å². The first-order chi connectivity index (χ1) is 17.0. The van der Waals surface area contributed by atoms with Crippen LogP contribution in [0.3, 0.4) is 0 Å². The molecule has 172 valence electrons. The third-order valence-electron chi connectivity index (χ3n) is 6.12. The summed E-state index contributed by atoms with van der Waals surface area (Å²) in [5.74, 6) is -0.609. The van der Waals surface area contributed by atoms with Crippen LogP contribution in [0.2, 0.25) is 0 Å². The summed E-state index contributed by atoms with van der Waals surface area (Å²) in [4.78, 5) is 40.6. The summed E-state index contributed by atoms with van der Waals surface area (Å²) in [7, 11) is 0. The third kappa shape index (κ3) is 3.50. The predicted octanol–water partition coefficient (Wildman–Crippen LogP) is 4.86. The van der Waals surface area contributed by atoms with Gasteiger partial charge >= 0.3 is 5.97 Å². The topological polar surface area (TPSA) is 87.1 Å². The van der Waals surface area contributed by atoms with Gasteiger partial charge in [0.15, 0.2) is 5.75 Å². The largest absolute Gasteiger partial charge is 0.477 e. The van der Waals surface area contributed by atoms with E-state index < -0.39 is 5.97 Å². The molecule has 7 nitrogen and oxygen atoms in total. The smallest absolute Gasteiger partial charge is 0.353 e. The van der Waals surface area contributed by atoms with Gasteiger partial charge in [0.25, 0.3) is 11.8 Å². The van der Waals surface area contributed by atoms with Crippen molar-refractivity contribution in [2.24, 2.45) is 0 Å². The van der Waals surface area contributed by atoms with Gasteiger partial charge in [0.1, 0.15) is 16.8 Å². The Labute approximate surface area is 204 Å². The normalized spacial score (nSPS) is 19.3. The average molecular weight is 483 g/mol. The molecule has 0 bridgehead atoms. The predicted molar refractivity (Wildman–Crippen MR) is 132 cm³/mol. The van der Waals surface area contributed by atoms with E-state index in [2.05, 4.69) is 0 Å².